The van der Waals surface area contributed by atoms with E-state index in [0.717, 1.165) is 12.1 Å². The topological polar surface area (TPSA) is 24.9 Å². The molecule has 0 radical (unpaired) electrons. The van der Waals surface area contributed by atoms with Gasteiger partial charge in [0.25, 0.3) is 0 Å². The summed E-state index contributed by atoms with van der Waals surface area (Å²) in [6, 6.07) is 10.7. The number of hydrogen-bond acceptors (Lipinski definition) is 2. The molecule has 0 aliphatic carbocycles. The Kier molecular flexibility index (Phi) is 2.40. The monoisotopic (exact) mass is 226 g/mol. The first-order valence-electron chi connectivity index (χ1n) is 6.27. The van der Waals surface area contributed by atoms with Crippen molar-refractivity contribution in [2.45, 2.75) is 31.7 Å². The Morgan fingerprint density at radius 2 is 2.06 bits per heavy atom. The molecule has 1 aromatic heterocycles. The third-order valence-electron chi connectivity index (χ3n) is 3.92. The predicted molar refractivity (Wildman–Crippen MR) is 71.2 cm³/mol. The van der Waals surface area contributed by atoms with E-state index in [1.165, 1.54) is 17.4 Å². The van der Waals surface area contributed by atoms with Crippen molar-refractivity contribution in [1.82, 2.24) is 10.3 Å². The highest BCUT2D eigenvalue weighted by molar-refractivity contribution is 5.82. The van der Waals surface area contributed by atoms with Crippen LogP contribution in [0.1, 0.15) is 31.7 Å². The van der Waals surface area contributed by atoms with Crippen LogP contribution >= 0.6 is 0 Å². The van der Waals surface area contributed by atoms with Crippen molar-refractivity contribution in [2.24, 2.45) is 0 Å². The number of para-hydroxylation sites is 1. The highest BCUT2D eigenvalue weighted by Gasteiger charge is 2.35. The van der Waals surface area contributed by atoms with E-state index < -0.39 is 0 Å². The lowest BCUT2D eigenvalue weighted by Gasteiger charge is -2.28. The van der Waals surface area contributed by atoms with Gasteiger partial charge >= 0.3 is 0 Å². The minimum Gasteiger partial charge on any atom is -0.311 e. The van der Waals surface area contributed by atoms with E-state index in [1.807, 2.05) is 12.3 Å². The normalized spacial score (nSPS) is 23.1. The average molecular weight is 226 g/mol. The molecule has 1 aromatic carbocycles. The molecule has 2 heterocycles. The van der Waals surface area contributed by atoms with Crippen LogP contribution in [-0.2, 0) is 0 Å². The SMILES string of the molecule is CC1(C)NCCC1c1cccc2cccnc12. The standard InChI is InChI=1S/C15H18N2/c1-15(2)13(8-10-17-15)12-7-3-5-11-6-4-9-16-14(11)12/h3-7,9,13,17H,8,10H2,1-2H3. The van der Waals surface area contributed by atoms with E-state index in [0.29, 0.717) is 5.92 Å². The number of aromatic nitrogens is 1. The number of benzene rings is 1. The van der Waals surface area contributed by atoms with E-state index in [9.17, 15) is 0 Å². The van der Waals surface area contributed by atoms with Crippen molar-refractivity contribution in [3.8, 4) is 0 Å². The number of rotatable bonds is 1. The quantitative estimate of drug-likeness (QED) is 0.808. The molecular formula is C15H18N2. The molecule has 0 saturated carbocycles. The lowest BCUT2D eigenvalue weighted by atomic mass is 9.82. The fraction of sp³-hybridized carbons (Fsp3) is 0.400. The van der Waals surface area contributed by atoms with Gasteiger partial charge in [0.05, 0.1) is 5.52 Å². The molecule has 2 heteroatoms. The van der Waals surface area contributed by atoms with Gasteiger partial charge in [0.15, 0.2) is 0 Å². The summed E-state index contributed by atoms with van der Waals surface area (Å²) >= 11 is 0. The fourth-order valence-electron chi connectivity index (χ4n) is 2.98. The smallest absolute Gasteiger partial charge is 0.0737 e. The molecule has 0 bridgehead atoms. The van der Waals surface area contributed by atoms with Gasteiger partial charge in [0.1, 0.15) is 0 Å². The Bertz CT molecular complexity index is 540. The molecule has 1 saturated heterocycles. The first kappa shape index (κ1) is 10.7. The third-order valence-corrected chi connectivity index (χ3v) is 3.92. The molecule has 1 N–H and O–H groups in total. The first-order chi connectivity index (χ1) is 8.18. The molecule has 0 amide bonds. The molecule has 17 heavy (non-hydrogen) atoms. The Balaban J connectivity index is 2.17. The van der Waals surface area contributed by atoms with Gasteiger partial charge in [-0.1, -0.05) is 24.3 Å². The minimum atomic E-state index is 0.172. The summed E-state index contributed by atoms with van der Waals surface area (Å²) in [5.74, 6) is 0.557. The van der Waals surface area contributed by atoms with Crippen LogP contribution in [0.4, 0.5) is 0 Å². The Morgan fingerprint density at radius 1 is 1.24 bits per heavy atom. The second kappa shape index (κ2) is 3.81. The highest BCUT2D eigenvalue weighted by atomic mass is 15.0. The largest absolute Gasteiger partial charge is 0.311 e. The molecule has 3 rings (SSSR count). The Hall–Kier alpha value is -1.41. The average Bonchev–Trinajstić information content (AvgIpc) is 2.68. The molecular weight excluding hydrogens is 208 g/mol. The second-order valence-corrected chi connectivity index (χ2v) is 5.41. The Morgan fingerprint density at radius 3 is 2.82 bits per heavy atom. The minimum absolute atomic E-state index is 0.172. The lowest BCUT2D eigenvalue weighted by molar-refractivity contribution is 0.412. The lowest BCUT2D eigenvalue weighted by Crippen LogP contribution is -2.36. The van der Waals surface area contributed by atoms with Crippen molar-refractivity contribution in [1.29, 1.82) is 0 Å². The summed E-state index contributed by atoms with van der Waals surface area (Å²) in [5.41, 5.74) is 2.72. The van der Waals surface area contributed by atoms with E-state index in [4.69, 9.17) is 0 Å². The van der Waals surface area contributed by atoms with Gasteiger partial charge in [0, 0.05) is 23.0 Å². The maximum Gasteiger partial charge on any atom is 0.0737 e. The maximum absolute atomic E-state index is 4.56. The molecule has 1 fully saturated rings. The van der Waals surface area contributed by atoms with Gasteiger partial charge in [0.2, 0.25) is 0 Å². The van der Waals surface area contributed by atoms with Crippen LogP contribution < -0.4 is 5.32 Å². The Labute approximate surface area is 102 Å². The summed E-state index contributed by atoms with van der Waals surface area (Å²) in [7, 11) is 0. The van der Waals surface area contributed by atoms with Crippen LogP contribution in [0.15, 0.2) is 36.5 Å². The number of nitrogens with one attached hydrogen (secondary N) is 1. The zero-order chi connectivity index (χ0) is 11.9. The van der Waals surface area contributed by atoms with Crippen LogP contribution in [0.3, 0.4) is 0 Å². The van der Waals surface area contributed by atoms with E-state index in [2.05, 4.69) is 48.4 Å². The van der Waals surface area contributed by atoms with Gasteiger partial charge in [-0.3, -0.25) is 4.98 Å². The van der Waals surface area contributed by atoms with Crippen LogP contribution in [-0.4, -0.2) is 17.1 Å². The number of pyridine rings is 1. The van der Waals surface area contributed by atoms with Crippen LogP contribution in [0, 0.1) is 0 Å². The van der Waals surface area contributed by atoms with E-state index in [-0.39, 0.29) is 5.54 Å². The summed E-state index contributed by atoms with van der Waals surface area (Å²) in [5, 5.41) is 4.82. The van der Waals surface area contributed by atoms with Crippen molar-refractivity contribution < 1.29 is 0 Å². The van der Waals surface area contributed by atoms with Crippen molar-refractivity contribution >= 4 is 10.9 Å². The summed E-state index contributed by atoms with van der Waals surface area (Å²) in [6.45, 7) is 5.67. The van der Waals surface area contributed by atoms with E-state index in [1.54, 1.807) is 0 Å². The van der Waals surface area contributed by atoms with Crippen LogP contribution in [0.5, 0.6) is 0 Å². The molecule has 0 spiro atoms. The maximum atomic E-state index is 4.56. The highest BCUT2D eigenvalue weighted by Crippen LogP contribution is 2.37. The van der Waals surface area contributed by atoms with Crippen LogP contribution in [0.2, 0.25) is 0 Å². The van der Waals surface area contributed by atoms with Gasteiger partial charge < -0.3 is 5.32 Å². The molecule has 1 unspecified atom stereocenters. The zero-order valence-corrected chi connectivity index (χ0v) is 10.4. The summed E-state index contributed by atoms with van der Waals surface area (Å²) < 4.78 is 0. The van der Waals surface area contributed by atoms with E-state index >= 15 is 0 Å². The zero-order valence-electron chi connectivity index (χ0n) is 10.4. The summed E-state index contributed by atoms with van der Waals surface area (Å²) in [4.78, 5) is 4.56. The molecule has 1 aliphatic rings. The van der Waals surface area contributed by atoms with Crippen molar-refractivity contribution in [3.63, 3.8) is 0 Å². The molecule has 2 nitrogen and oxygen atoms in total. The number of nitrogens with zero attached hydrogens (tertiary/aromatic N) is 1. The van der Waals surface area contributed by atoms with Gasteiger partial charge in [-0.2, -0.15) is 0 Å². The number of hydrogen-bond donors (Lipinski definition) is 1. The van der Waals surface area contributed by atoms with Crippen LogP contribution in [0.25, 0.3) is 10.9 Å². The second-order valence-electron chi connectivity index (χ2n) is 5.41. The number of fused-ring (bicyclic) bond motifs is 1. The van der Waals surface area contributed by atoms with Gasteiger partial charge in [-0.05, 0) is 38.4 Å². The van der Waals surface area contributed by atoms with Crippen molar-refractivity contribution in [2.75, 3.05) is 6.54 Å². The third kappa shape index (κ3) is 1.73. The van der Waals surface area contributed by atoms with Gasteiger partial charge in [-0.15, -0.1) is 0 Å². The fourth-order valence-corrected chi connectivity index (χ4v) is 2.98. The molecule has 88 valence electrons. The van der Waals surface area contributed by atoms with Crippen molar-refractivity contribution in [3.05, 3.63) is 42.1 Å². The van der Waals surface area contributed by atoms with Gasteiger partial charge in [-0.25, -0.2) is 0 Å². The molecule has 1 atom stereocenters. The molecule has 2 aromatic rings. The summed E-state index contributed by atoms with van der Waals surface area (Å²) in [6.07, 6.45) is 3.09. The predicted octanol–water partition coefficient (Wildman–Crippen LogP) is 3.09. The first-order valence-corrected chi connectivity index (χ1v) is 6.27. The molecule has 1 aliphatic heterocycles.